The van der Waals surface area contributed by atoms with Gasteiger partial charge in [-0.15, -0.1) is 0 Å². The first-order valence-corrected chi connectivity index (χ1v) is 4.97. The highest BCUT2D eigenvalue weighted by Crippen LogP contribution is 2.17. The van der Waals surface area contributed by atoms with Gasteiger partial charge in [0, 0.05) is 17.6 Å². The molecule has 0 atom stereocenters. The van der Waals surface area contributed by atoms with E-state index in [1.807, 2.05) is 0 Å². The first kappa shape index (κ1) is 10.1. The number of carbonyl (C=O) groups excluding carboxylic acids is 1. The second-order valence-corrected chi connectivity index (χ2v) is 3.91. The standard InChI is InChI=1S/C11H13FN2O/c12-8-3-1-2-7(4-8)11(15)14-10-5-9(13)6-10/h1-4,9-10H,5-6,13H2,(H,14,15). The molecule has 4 heteroatoms. The van der Waals surface area contributed by atoms with Gasteiger partial charge in [-0.2, -0.15) is 0 Å². The van der Waals surface area contributed by atoms with Crippen molar-refractivity contribution >= 4 is 5.91 Å². The van der Waals surface area contributed by atoms with E-state index in [1.165, 1.54) is 18.2 Å². The van der Waals surface area contributed by atoms with Gasteiger partial charge in [-0.05, 0) is 31.0 Å². The van der Waals surface area contributed by atoms with Crippen molar-refractivity contribution in [1.82, 2.24) is 5.32 Å². The second kappa shape index (κ2) is 3.98. The Bertz CT molecular complexity index is 375. The highest BCUT2D eigenvalue weighted by Gasteiger charge is 2.27. The largest absolute Gasteiger partial charge is 0.349 e. The highest BCUT2D eigenvalue weighted by molar-refractivity contribution is 5.94. The molecule has 1 aromatic rings. The summed E-state index contributed by atoms with van der Waals surface area (Å²) in [6.45, 7) is 0. The van der Waals surface area contributed by atoms with Gasteiger partial charge in [0.15, 0.2) is 0 Å². The molecule has 0 bridgehead atoms. The SMILES string of the molecule is NC1CC(NC(=O)c2cccc(F)c2)C1. The summed E-state index contributed by atoms with van der Waals surface area (Å²) in [5.74, 6) is -0.626. The normalized spacial score (nSPS) is 24.4. The van der Waals surface area contributed by atoms with Crippen LogP contribution in [-0.4, -0.2) is 18.0 Å². The van der Waals surface area contributed by atoms with Crippen molar-refractivity contribution in [2.45, 2.75) is 24.9 Å². The zero-order valence-electron chi connectivity index (χ0n) is 8.24. The van der Waals surface area contributed by atoms with Gasteiger partial charge >= 0.3 is 0 Å². The van der Waals surface area contributed by atoms with Gasteiger partial charge in [0.25, 0.3) is 5.91 Å². The summed E-state index contributed by atoms with van der Waals surface area (Å²) in [6, 6.07) is 6.01. The van der Waals surface area contributed by atoms with Crippen molar-refractivity contribution in [2.24, 2.45) is 5.73 Å². The lowest BCUT2D eigenvalue weighted by Crippen LogP contribution is -2.50. The van der Waals surface area contributed by atoms with Crippen LogP contribution in [0.5, 0.6) is 0 Å². The Kier molecular flexibility index (Phi) is 2.68. The molecule has 0 radical (unpaired) electrons. The number of nitrogens with two attached hydrogens (primary N) is 1. The molecule has 3 nitrogen and oxygen atoms in total. The maximum Gasteiger partial charge on any atom is 0.251 e. The molecule has 2 rings (SSSR count). The number of halogens is 1. The van der Waals surface area contributed by atoms with E-state index in [-0.39, 0.29) is 18.0 Å². The summed E-state index contributed by atoms with van der Waals surface area (Å²) < 4.78 is 12.8. The van der Waals surface area contributed by atoms with E-state index in [4.69, 9.17) is 5.73 Å². The van der Waals surface area contributed by atoms with Crippen molar-refractivity contribution in [3.8, 4) is 0 Å². The molecular formula is C11H13FN2O. The van der Waals surface area contributed by atoms with E-state index in [1.54, 1.807) is 6.07 Å². The molecule has 3 N–H and O–H groups in total. The molecule has 0 saturated heterocycles. The van der Waals surface area contributed by atoms with Crippen LogP contribution in [0.2, 0.25) is 0 Å². The fourth-order valence-corrected chi connectivity index (χ4v) is 1.68. The van der Waals surface area contributed by atoms with E-state index in [9.17, 15) is 9.18 Å². The summed E-state index contributed by atoms with van der Waals surface area (Å²) in [5.41, 5.74) is 5.95. The summed E-state index contributed by atoms with van der Waals surface area (Å²) in [7, 11) is 0. The van der Waals surface area contributed by atoms with Crippen LogP contribution in [-0.2, 0) is 0 Å². The zero-order valence-corrected chi connectivity index (χ0v) is 8.24. The van der Waals surface area contributed by atoms with E-state index in [0.717, 1.165) is 12.8 Å². The molecule has 0 aliphatic heterocycles. The first-order chi connectivity index (χ1) is 7.15. The number of nitrogens with one attached hydrogen (secondary N) is 1. The van der Waals surface area contributed by atoms with Gasteiger partial charge in [-0.3, -0.25) is 4.79 Å². The molecule has 0 unspecified atom stereocenters. The average molecular weight is 208 g/mol. The Hall–Kier alpha value is -1.42. The van der Waals surface area contributed by atoms with Gasteiger partial charge in [-0.1, -0.05) is 6.07 Å². The van der Waals surface area contributed by atoms with E-state index in [0.29, 0.717) is 5.56 Å². The quantitative estimate of drug-likeness (QED) is 0.763. The van der Waals surface area contributed by atoms with Crippen LogP contribution < -0.4 is 11.1 Å². The van der Waals surface area contributed by atoms with E-state index < -0.39 is 5.82 Å². The van der Waals surface area contributed by atoms with Crippen LogP contribution in [0.3, 0.4) is 0 Å². The number of amides is 1. The molecule has 80 valence electrons. The van der Waals surface area contributed by atoms with Gasteiger partial charge in [0.2, 0.25) is 0 Å². The maximum absolute atomic E-state index is 12.8. The third kappa shape index (κ3) is 2.33. The number of rotatable bonds is 2. The fourth-order valence-electron chi connectivity index (χ4n) is 1.68. The minimum atomic E-state index is -0.395. The van der Waals surface area contributed by atoms with Crippen molar-refractivity contribution in [1.29, 1.82) is 0 Å². The third-order valence-corrected chi connectivity index (χ3v) is 2.60. The monoisotopic (exact) mass is 208 g/mol. The third-order valence-electron chi connectivity index (χ3n) is 2.60. The minimum Gasteiger partial charge on any atom is -0.349 e. The van der Waals surface area contributed by atoms with Gasteiger partial charge < -0.3 is 11.1 Å². The Morgan fingerprint density at radius 3 is 2.80 bits per heavy atom. The van der Waals surface area contributed by atoms with Gasteiger partial charge in [0.05, 0.1) is 0 Å². The average Bonchev–Trinajstić information content (AvgIpc) is 2.15. The molecule has 1 aliphatic carbocycles. The molecule has 1 amide bonds. The molecule has 1 saturated carbocycles. The van der Waals surface area contributed by atoms with Crippen LogP contribution >= 0.6 is 0 Å². The summed E-state index contributed by atoms with van der Waals surface area (Å²) in [5, 5.41) is 2.80. The van der Waals surface area contributed by atoms with Crippen molar-refractivity contribution in [3.63, 3.8) is 0 Å². The lowest BCUT2D eigenvalue weighted by atomic mass is 9.87. The number of carbonyl (C=O) groups is 1. The van der Waals surface area contributed by atoms with E-state index >= 15 is 0 Å². The predicted molar refractivity (Wildman–Crippen MR) is 54.9 cm³/mol. The Balaban J connectivity index is 1.96. The topological polar surface area (TPSA) is 55.1 Å². The Morgan fingerprint density at radius 1 is 1.47 bits per heavy atom. The highest BCUT2D eigenvalue weighted by atomic mass is 19.1. The lowest BCUT2D eigenvalue weighted by molar-refractivity contribution is 0.0910. The molecule has 1 aliphatic rings. The molecular weight excluding hydrogens is 195 g/mol. The molecule has 0 aromatic heterocycles. The van der Waals surface area contributed by atoms with Crippen LogP contribution in [0.15, 0.2) is 24.3 Å². The van der Waals surface area contributed by atoms with Gasteiger partial charge in [0.1, 0.15) is 5.82 Å². The number of hydrogen-bond donors (Lipinski definition) is 2. The maximum atomic E-state index is 12.8. The summed E-state index contributed by atoms with van der Waals surface area (Å²) in [4.78, 5) is 11.6. The smallest absolute Gasteiger partial charge is 0.251 e. The van der Waals surface area contributed by atoms with Crippen LogP contribution in [0.4, 0.5) is 4.39 Å². The molecule has 1 fully saturated rings. The van der Waals surface area contributed by atoms with Crippen molar-refractivity contribution in [3.05, 3.63) is 35.6 Å². The fraction of sp³-hybridized carbons (Fsp3) is 0.364. The molecule has 0 heterocycles. The van der Waals surface area contributed by atoms with Crippen LogP contribution in [0, 0.1) is 5.82 Å². The van der Waals surface area contributed by atoms with Crippen molar-refractivity contribution in [2.75, 3.05) is 0 Å². The summed E-state index contributed by atoms with van der Waals surface area (Å²) in [6.07, 6.45) is 1.61. The second-order valence-electron chi connectivity index (χ2n) is 3.91. The van der Waals surface area contributed by atoms with Crippen LogP contribution in [0.1, 0.15) is 23.2 Å². The first-order valence-electron chi connectivity index (χ1n) is 4.97. The predicted octanol–water partition coefficient (Wildman–Crippen LogP) is 1.05. The number of hydrogen-bond acceptors (Lipinski definition) is 2. The van der Waals surface area contributed by atoms with Crippen LogP contribution in [0.25, 0.3) is 0 Å². The molecule has 0 spiro atoms. The molecule has 15 heavy (non-hydrogen) atoms. The minimum absolute atomic E-state index is 0.149. The van der Waals surface area contributed by atoms with E-state index in [2.05, 4.69) is 5.32 Å². The Morgan fingerprint density at radius 2 is 2.20 bits per heavy atom. The molecule has 1 aromatic carbocycles. The Labute approximate surface area is 87.5 Å². The van der Waals surface area contributed by atoms with Gasteiger partial charge in [-0.25, -0.2) is 4.39 Å². The zero-order chi connectivity index (χ0) is 10.8. The lowest BCUT2D eigenvalue weighted by Gasteiger charge is -2.32. The van der Waals surface area contributed by atoms with Crippen molar-refractivity contribution < 1.29 is 9.18 Å². The summed E-state index contributed by atoms with van der Waals surface area (Å²) >= 11 is 0. The number of benzene rings is 1.